The van der Waals surface area contributed by atoms with Gasteiger partial charge in [-0.25, -0.2) is 0 Å². The van der Waals surface area contributed by atoms with Gasteiger partial charge in [-0.05, 0) is 37.3 Å². The first-order chi connectivity index (χ1) is 9.33. The molecular formula is C16H19NO2. The first-order valence-electron chi connectivity index (χ1n) is 6.42. The molecule has 0 amide bonds. The average molecular weight is 257 g/mol. The molecule has 0 unspecified atom stereocenters. The predicted molar refractivity (Wildman–Crippen MR) is 77.9 cm³/mol. The molecule has 0 saturated carbocycles. The Kier molecular flexibility index (Phi) is 4.67. The van der Waals surface area contributed by atoms with E-state index in [0.717, 1.165) is 29.3 Å². The van der Waals surface area contributed by atoms with Crippen LogP contribution in [0.25, 0.3) is 0 Å². The second kappa shape index (κ2) is 6.69. The van der Waals surface area contributed by atoms with Gasteiger partial charge in [0, 0.05) is 17.8 Å². The molecular weight excluding hydrogens is 238 g/mol. The number of hydrogen-bond acceptors (Lipinski definition) is 3. The Morgan fingerprint density at radius 2 is 1.74 bits per heavy atom. The molecule has 0 spiro atoms. The molecule has 0 aliphatic heterocycles. The fraction of sp³-hybridized carbons (Fsp3) is 0.250. The highest BCUT2D eigenvalue weighted by molar-refractivity contribution is 5.47. The van der Waals surface area contributed by atoms with E-state index in [1.165, 1.54) is 0 Å². The molecule has 3 heteroatoms. The molecule has 3 nitrogen and oxygen atoms in total. The number of anilines is 1. The monoisotopic (exact) mass is 257 g/mol. The summed E-state index contributed by atoms with van der Waals surface area (Å²) in [5.41, 5.74) is 2.20. The van der Waals surface area contributed by atoms with Gasteiger partial charge in [-0.15, -0.1) is 0 Å². The summed E-state index contributed by atoms with van der Waals surface area (Å²) in [6.45, 7) is 3.40. The van der Waals surface area contributed by atoms with Crippen LogP contribution in [-0.2, 0) is 6.54 Å². The minimum atomic E-state index is 0.688. The molecule has 0 heterocycles. The number of ether oxygens (including phenoxy) is 2. The van der Waals surface area contributed by atoms with Crippen molar-refractivity contribution in [2.24, 2.45) is 0 Å². The Labute approximate surface area is 114 Å². The standard InChI is InChI=1S/C16H19NO2/c1-3-19-15-10-8-14(9-11-15)17-12-13-6-4-5-7-16(13)18-2/h4-11,17H,3,12H2,1-2H3. The third-order valence-electron chi connectivity index (χ3n) is 2.84. The van der Waals surface area contributed by atoms with Crippen LogP contribution in [0.4, 0.5) is 5.69 Å². The Balaban J connectivity index is 1.98. The lowest BCUT2D eigenvalue weighted by Crippen LogP contribution is -2.01. The van der Waals surface area contributed by atoms with Gasteiger partial charge < -0.3 is 14.8 Å². The highest BCUT2D eigenvalue weighted by Crippen LogP contribution is 2.20. The summed E-state index contributed by atoms with van der Waals surface area (Å²) < 4.78 is 10.7. The third-order valence-corrected chi connectivity index (χ3v) is 2.84. The molecule has 2 aromatic rings. The SMILES string of the molecule is CCOc1ccc(NCc2ccccc2OC)cc1. The largest absolute Gasteiger partial charge is 0.496 e. The Hall–Kier alpha value is -2.16. The maximum atomic E-state index is 5.41. The van der Waals surface area contributed by atoms with Crippen molar-refractivity contribution in [2.75, 3.05) is 19.0 Å². The van der Waals surface area contributed by atoms with Crippen LogP contribution in [0.5, 0.6) is 11.5 Å². The summed E-state index contributed by atoms with van der Waals surface area (Å²) in [6.07, 6.45) is 0. The number of nitrogens with one attached hydrogen (secondary N) is 1. The van der Waals surface area contributed by atoms with E-state index < -0.39 is 0 Å². The Bertz CT molecular complexity index is 508. The van der Waals surface area contributed by atoms with Crippen LogP contribution in [0.15, 0.2) is 48.5 Å². The van der Waals surface area contributed by atoms with Gasteiger partial charge >= 0.3 is 0 Å². The Morgan fingerprint density at radius 1 is 1.00 bits per heavy atom. The van der Waals surface area contributed by atoms with Crippen molar-refractivity contribution in [3.05, 3.63) is 54.1 Å². The quantitative estimate of drug-likeness (QED) is 0.855. The van der Waals surface area contributed by atoms with Crippen LogP contribution in [0.1, 0.15) is 12.5 Å². The van der Waals surface area contributed by atoms with Crippen molar-refractivity contribution >= 4 is 5.69 Å². The van der Waals surface area contributed by atoms with Gasteiger partial charge in [0.25, 0.3) is 0 Å². The van der Waals surface area contributed by atoms with Gasteiger partial charge in [0.05, 0.1) is 13.7 Å². The molecule has 0 aliphatic rings. The minimum Gasteiger partial charge on any atom is -0.496 e. The lowest BCUT2D eigenvalue weighted by molar-refractivity contribution is 0.340. The first-order valence-corrected chi connectivity index (χ1v) is 6.42. The maximum absolute atomic E-state index is 5.41. The second-order valence-electron chi connectivity index (χ2n) is 4.12. The number of para-hydroxylation sites is 1. The van der Waals surface area contributed by atoms with Gasteiger partial charge in [0.15, 0.2) is 0 Å². The molecule has 0 aromatic heterocycles. The van der Waals surface area contributed by atoms with Crippen molar-refractivity contribution in [2.45, 2.75) is 13.5 Å². The highest BCUT2D eigenvalue weighted by Gasteiger charge is 2.01. The van der Waals surface area contributed by atoms with E-state index in [9.17, 15) is 0 Å². The van der Waals surface area contributed by atoms with Gasteiger partial charge in [0.1, 0.15) is 11.5 Å². The van der Waals surface area contributed by atoms with Crippen LogP contribution < -0.4 is 14.8 Å². The van der Waals surface area contributed by atoms with Crippen molar-refractivity contribution in [3.63, 3.8) is 0 Å². The van der Waals surface area contributed by atoms with Crippen molar-refractivity contribution < 1.29 is 9.47 Å². The number of hydrogen-bond donors (Lipinski definition) is 1. The van der Waals surface area contributed by atoms with E-state index in [1.807, 2.05) is 49.4 Å². The van der Waals surface area contributed by atoms with E-state index in [2.05, 4.69) is 11.4 Å². The number of benzene rings is 2. The van der Waals surface area contributed by atoms with Crippen LogP contribution in [0.2, 0.25) is 0 Å². The van der Waals surface area contributed by atoms with E-state index in [1.54, 1.807) is 7.11 Å². The summed E-state index contributed by atoms with van der Waals surface area (Å²) in [6, 6.07) is 16.0. The third kappa shape index (κ3) is 3.65. The number of rotatable bonds is 6. The van der Waals surface area contributed by atoms with Crippen LogP contribution in [0.3, 0.4) is 0 Å². The minimum absolute atomic E-state index is 0.688. The molecule has 2 aromatic carbocycles. The molecule has 2 rings (SSSR count). The van der Waals surface area contributed by atoms with Crippen molar-refractivity contribution in [1.82, 2.24) is 0 Å². The fourth-order valence-electron chi connectivity index (χ4n) is 1.88. The van der Waals surface area contributed by atoms with Crippen LogP contribution in [-0.4, -0.2) is 13.7 Å². The van der Waals surface area contributed by atoms with Gasteiger partial charge in [-0.1, -0.05) is 18.2 Å². The summed E-state index contributed by atoms with van der Waals surface area (Å²) in [5, 5.41) is 3.37. The zero-order valence-corrected chi connectivity index (χ0v) is 11.3. The van der Waals surface area contributed by atoms with E-state index in [0.29, 0.717) is 6.61 Å². The van der Waals surface area contributed by atoms with Crippen LogP contribution in [0, 0.1) is 0 Å². The zero-order valence-electron chi connectivity index (χ0n) is 11.3. The van der Waals surface area contributed by atoms with Crippen molar-refractivity contribution in [3.8, 4) is 11.5 Å². The van der Waals surface area contributed by atoms with Crippen LogP contribution >= 0.6 is 0 Å². The summed E-state index contributed by atoms with van der Waals surface area (Å²) in [7, 11) is 1.69. The molecule has 1 N–H and O–H groups in total. The van der Waals surface area contributed by atoms with Gasteiger partial charge in [0.2, 0.25) is 0 Å². The lowest BCUT2D eigenvalue weighted by atomic mass is 10.2. The summed E-state index contributed by atoms with van der Waals surface area (Å²) in [5.74, 6) is 1.80. The fourth-order valence-corrected chi connectivity index (χ4v) is 1.88. The summed E-state index contributed by atoms with van der Waals surface area (Å²) >= 11 is 0. The average Bonchev–Trinajstić information content (AvgIpc) is 2.47. The van der Waals surface area contributed by atoms with E-state index >= 15 is 0 Å². The molecule has 100 valence electrons. The first kappa shape index (κ1) is 13.3. The molecule has 0 atom stereocenters. The highest BCUT2D eigenvalue weighted by atomic mass is 16.5. The molecule has 0 bridgehead atoms. The van der Waals surface area contributed by atoms with Crippen molar-refractivity contribution in [1.29, 1.82) is 0 Å². The Morgan fingerprint density at radius 3 is 2.42 bits per heavy atom. The lowest BCUT2D eigenvalue weighted by Gasteiger charge is -2.11. The molecule has 0 saturated heterocycles. The second-order valence-corrected chi connectivity index (χ2v) is 4.12. The normalized spacial score (nSPS) is 10.0. The van der Waals surface area contributed by atoms with E-state index in [4.69, 9.17) is 9.47 Å². The van der Waals surface area contributed by atoms with Gasteiger partial charge in [-0.2, -0.15) is 0 Å². The number of methoxy groups -OCH3 is 1. The maximum Gasteiger partial charge on any atom is 0.123 e. The molecule has 0 fully saturated rings. The molecule has 0 radical (unpaired) electrons. The topological polar surface area (TPSA) is 30.5 Å². The van der Waals surface area contributed by atoms with E-state index in [-0.39, 0.29) is 0 Å². The van der Waals surface area contributed by atoms with Gasteiger partial charge in [-0.3, -0.25) is 0 Å². The predicted octanol–water partition coefficient (Wildman–Crippen LogP) is 3.71. The zero-order chi connectivity index (χ0) is 13.5. The smallest absolute Gasteiger partial charge is 0.123 e. The molecule has 0 aliphatic carbocycles. The molecule has 19 heavy (non-hydrogen) atoms. The summed E-state index contributed by atoms with van der Waals surface area (Å²) in [4.78, 5) is 0.